The second kappa shape index (κ2) is 4.96. The second-order valence-electron chi connectivity index (χ2n) is 4.75. The highest BCUT2D eigenvalue weighted by Gasteiger charge is 2.32. The maximum absolute atomic E-state index is 13.9. The first-order valence-corrected chi connectivity index (χ1v) is 7.15. The maximum atomic E-state index is 13.9. The van der Waals surface area contributed by atoms with Gasteiger partial charge in [0.05, 0.1) is 18.4 Å². The molecule has 0 spiro atoms. The number of fused-ring (bicyclic) bond motifs is 1. The van der Waals surface area contributed by atoms with Crippen LogP contribution in [0.15, 0.2) is 50.9 Å². The Morgan fingerprint density at radius 3 is 2.95 bits per heavy atom. The number of hydrogen-bond acceptors (Lipinski definition) is 5. The van der Waals surface area contributed by atoms with Crippen LogP contribution >= 0.6 is 11.3 Å². The Labute approximate surface area is 124 Å². The van der Waals surface area contributed by atoms with E-state index >= 15 is 0 Å². The average molecular weight is 305 g/mol. The minimum atomic E-state index is -0.730. The number of thiophene rings is 1. The quantitative estimate of drug-likeness (QED) is 0.865. The van der Waals surface area contributed by atoms with E-state index in [1.54, 1.807) is 24.4 Å². The van der Waals surface area contributed by atoms with Gasteiger partial charge in [0, 0.05) is 34.7 Å². The van der Waals surface area contributed by atoms with Gasteiger partial charge in [0.15, 0.2) is 16.6 Å². The first-order chi connectivity index (χ1) is 10.0. The molecule has 108 valence electrons. The number of carbonyl (C=O) groups is 1. The van der Waals surface area contributed by atoms with Gasteiger partial charge in [-0.25, -0.2) is 4.39 Å². The van der Waals surface area contributed by atoms with Gasteiger partial charge in [-0.1, -0.05) is 0 Å². The van der Waals surface area contributed by atoms with Gasteiger partial charge in [-0.15, -0.1) is 11.3 Å². The van der Waals surface area contributed by atoms with E-state index in [0.29, 0.717) is 27.6 Å². The molecule has 0 saturated heterocycles. The highest BCUT2D eigenvalue weighted by Crippen LogP contribution is 2.36. The molecule has 3 rings (SSSR count). The first-order valence-electron chi connectivity index (χ1n) is 6.27. The fourth-order valence-corrected chi connectivity index (χ4v) is 3.07. The van der Waals surface area contributed by atoms with Crippen LogP contribution in [0.25, 0.3) is 0 Å². The summed E-state index contributed by atoms with van der Waals surface area (Å²) < 4.78 is 18.9. The number of methoxy groups -OCH3 is 1. The number of rotatable bonds is 3. The van der Waals surface area contributed by atoms with Crippen LogP contribution in [0.1, 0.15) is 23.7 Å². The fraction of sp³-hybridized carbons (Fsp3) is 0.200. The zero-order valence-corrected chi connectivity index (χ0v) is 12.3. The Hall–Kier alpha value is -2.21. The number of Topliss-reactive ketones (excluding diaryl/α,β-unsaturated/α-hetero) is 1. The molecule has 1 aromatic rings. The molecule has 21 heavy (non-hydrogen) atoms. The van der Waals surface area contributed by atoms with E-state index in [1.807, 2.05) is 0 Å². The van der Waals surface area contributed by atoms with Crippen LogP contribution < -0.4 is 4.74 Å². The standard InChI is InChI=1S/C15H12FNO3S/c1-7-3-9-11(17-7)5-10(16)15(19)13(9)14(18)8-4-12(20-2)21-6-8/h3-4,6,19H,5H2,1-2H3. The summed E-state index contributed by atoms with van der Waals surface area (Å²) in [5.41, 5.74) is 2.00. The Bertz CT molecular complexity index is 768. The number of allylic oxidation sites excluding steroid dienone is 5. The predicted octanol–water partition coefficient (Wildman–Crippen LogP) is 3.74. The highest BCUT2D eigenvalue weighted by atomic mass is 32.1. The van der Waals surface area contributed by atoms with E-state index in [9.17, 15) is 14.3 Å². The predicted molar refractivity (Wildman–Crippen MR) is 78.8 cm³/mol. The molecule has 2 heterocycles. The molecule has 4 nitrogen and oxygen atoms in total. The van der Waals surface area contributed by atoms with Crippen LogP contribution in [-0.2, 0) is 0 Å². The Morgan fingerprint density at radius 2 is 2.29 bits per heavy atom. The smallest absolute Gasteiger partial charge is 0.198 e. The van der Waals surface area contributed by atoms with E-state index < -0.39 is 17.4 Å². The third kappa shape index (κ3) is 2.21. The Kier molecular flexibility index (Phi) is 3.25. The normalized spacial score (nSPS) is 17.7. The molecular formula is C15H12FNO3S. The van der Waals surface area contributed by atoms with Crippen molar-refractivity contribution in [2.45, 2.75) is 13.3 Å². The van der Waals surface area contributed by atoms with Gasteiger partial charge in [0.2, 0.25) is 0 Å². The third-order valence-electron chi connectivity index (χ3n) is 3.33. The number of aliphatic hydroxyl groups is 1. The summed E-state index contributed by atoms with van der Waals surface area (Å²) in [5, 5.41) is 12.2. The van der Waals surface area contributed by atoms with Crippen LogP contribution in [0.4, 0.5) is 4.39 Å². The van der Waals surface area contributed by atoms with E-state index in [-0.39, 0.29) is 12.0 Å². The summed E-state index contributed by atoms with van der Waals surface area (Å²) in [6.45, 7) is 1.77. The molecule has 0 atom stereocenters. The largest absolute Gasteiger partial charge is 0.505 e. The lowest BCUT2D eigenvalue weighted by molar-refractivity contribution is 0.102. The molecule has 0 saturated carbocycles. The Morgan fingerprint density at radius 1 is 1.52 bits per heavy atom. The number of ether oxygens (including phenoxy) is 1. The molecule has 0 fully saturated rings. The molecule has 0 bridgehead atoms. The number of hydrogen-bond donors (Lipinski definition) is 1. The summed E-state index contributed by atoms with van der Waals surface area (Å²) in [5.74, 6) is -1.76. The Balaban J connectivity index is 2.11. The molecule has 0 radical (unpaired) electrons. The molecular weight excluding hydrogens is 293 g/mol. The molecule has 0 aromatic carbocycles. The van der Waals surface area contributed by atoms with Gasteiger partial charge in [-0.05, 0) is 13.0 Å². The van der Waals surface area contributed by atoms with Crippen LogP contribution in [0.3, 0.4) is 0 Å². The summed E-state index contributed by atoms with van der Waals surface area (Å²) in [6.07, 6.45) is 1.60. The van der Waals surface area contributed by atoms with Gasteiger partial charge in [-0.3, -0.25) is 9.79 Å². The minimum Gasteiger partial charge on any atom is -0.505 e. The summed E-state index contributed by atoms with van der Waals surface area (Å²) >= 11 is 1.27. The maximum Gasteiger partial charge on any atom is 0.198 e. The van der Waals surface area contributed by atoms with Gasteiger partial charge in [0.25, 0.3) is 0 Å². The molecule has 1 aromatic heterocycles. The summed E-state index contributed by atoms with van der Waals surface area (Å²) in [4.78, 5) is 16.8. The van der Waals surface area contributed by atoms with Crippen molar-refractivity contribution >= 4 is 22.8 Å². The number of aliphatic imine (C=N–C) groups is 1. The third-order valence-corrected chi connectivity index (χ3v) is 4.22. The SMILES string of the molecule is COc1cc(C(=O)C2=C3C=C(C)N=C3CC(F)=C2O)cs1. The van der Waals surface area contributed by atoms with Gasteiger partial charge >= 0.3 is 0 Å². The fourth-order valence-electron chi connectivity index (χ4n) is 2.36. The molecule has 1 aliphatic heterocycles. The number of halogens is 1. The van der Waals surface area contributed by atoms with Crippen molar-refractivity contribution in [3.8, 4) is 5.06 Å². The van der Waals surface area contributed by atoms with Crippen molar-refractivity contribution in [1.29, 1.82) is 0 Å². The van der Waals surface area contributed by atoms with Gasteiger partial charge in [-0.2, -0.15) is 0 Å². The van der Waals surface area contributed by atoms with Crippen LogP contribution in [0.2, 0.25) is 0 Å². The number of aliphatic hydroxyl groups excluding tert-OH is 1. The van der Waals surface area contributed by atoms with Crippen molar-refractivity contribution in [3.05, 3.63) is 51.5 Å². The molecule has 0 unspecified atom stereocenters. The lowest BCUT2D eigenvalue weighted by Gasteiger charge is -2.16. The van der Waals surface area contributed by atoms with E-state index in [4.69, 9.17) is 4.74 Å². The number of ketones is 1. The molecule has 6 heteroatoms. The molecule has 0 amide bonds. The van der Waals surface area contributed by atoms with Crippen LogP contribution in [0, 0.1) is 0 Å². The van der Waals surface area contributed by atoms with Crippen molar-refractivity contribution in [2.75, 3.05) is 7.11 Å². The zero-order valence-electron chi connectivity index (χ0n) is 11.4. The van der Waals surface area contributed by atoms with Crippen molar-refractivity contribution in [3.63, 3.8) is 0 Å². The minimum absolute atomic E-state index is 0.0326. The molecule has 2 aliphatic rings. The van der Waals surface area contributed by atoms with Gasteiger partial charge < -0.3 is 9.84 Å². The highest BCUT2D eigenvalue weighted by molar-refractivity contribution is 7.12. The molecule has 1 N–H and O–H groups in total. The van der Waals surface area contributed by atoms with Crippen molar-refractivity contribution in [2.24, 2.45) is 4.99 Å². The van der Waals surface area contributed by atoms with E-state index in [0.717, 1.165) is 0 Å². The summed E-state index contributed by atoms with van der Waals surface area (Å²) in [7, 11) is 1.51. The number of carbonyl (C=O) groups excluding carboxylic acids is 1. The first kappa shape index (κ1) is 13.8. The van der Waals surface area contributed by atoms with Crippen molar-refractivity contribution < 1.29 is 19.0 Å². The van der Waals surface area contributed by atoms with E-state index in [1.165, 1.54) is 18.4 Å². The summed E-state index contributed by atoms with van der Waals surface area (Å²) in [6, 6.07) is 1.57. The van der Waals surface area contributed by atoms with Crippen LogP contribution in [0.5, 0.6) is 5.06 Å². The van der Waals surface area contributed by atoms with Crippen LogP contribution in [-0.4, -0.2) is 23.7 Å². The van der Waals surface area contributed by atoms with Crippen molar-refractivity contribution in [1.82, 2.24) is 0 Å². The zero-order chi connectivity index (χ0) is 15.1. The van der Waals surface area contributed by atoms with Gasteiger partial charge in [0.1, 0.15) is 5.83 Å². The van der Waals surface area contributed by atoms with E-state index in [2.05, 4.69) is 4.99 Å². The molecule has 1 aliphatic carbocycles. The number of nitrogens with zero attached hydrogens (tertiary/aromatic N) is 1. The monoisotopic (exact) mass is 305 g/mol. The lowest BCUT2D eigenvalue weighted by Crippen LogP contribution is -2.17. The average Bonchev–Trinajstić information content (AvgIpc) is 3.05. The lowest BCUT2D eigenvalue weighted by atomic mass is 9.89. The second-order valence-corrected chi connectivity index (χ2v) is 5.62. The topological polar surface area (TPSA) is 58.9 Å².